The Kier molecular flexibility index (Phi) is 5.58. The second kappa shape index (κ2) is 7.22. The number of sulfonamides is 1. The number of nitrogens with one attached hydrogen (secondary N) is 1. The average molecular weight is 312 g/mol. The van der Waals surface area contributed by atoms with Crippen molar-refractivity contribution in [2.75, 3.05) is 51.2 Å². The Morgan fingerprint density at radius 1 is 1.19 bits per heavy atom. The molecule has 7 heteroatoms. The number of hydrogen-bond donors (Lipinski definition) is 2. The Morgan fingerprint density at radius 3 is 2.67 bits per heavy atom. The topological polar surface area (TPSA) is 78.7 Å². The lowest BCUT2D eigenvalue weighted by Gasteiger charge is -2.25. The van der Waals surface area contributed by atoms with Gasteiger partial charge in [-0.05, 0) is 32.1 Å². The van der Waals surface area contributed by atoms with Crippen LogP contribution in [0.4, 0.5) is 5.69 Å². The molecule has 1 aromatic carbocycles. The van der Waals surface area contributed by atoms with Crippen molar-refractivity contribution in [2.45, 2.75) is 11.3 Å². The average Bonchev–Trinajstić information content (AvgIpc) is 2.73. The molecule has 1 aliphatic rings. The van der Waals surface area contributed by atoms with Crippen LogP contribution in [0.15, 0.2) is 29.2 Å². The van der Waals surface area contributed by atoms with Gasteiger partial charge in [0.15, 0.2) is 0 Å². The molecule has 0 atom stereocenters. The number of nitrogens with zero attached hydrogens (tertiary/aromatic N) is 2. The van der Waals surface area contributed by atoms with E-state index in [4.69, 9.17) is 5.73 Å². The maximum atomic E-state index is 12.2. The zero-order valence-electron chi connectivity index (χ0n) is 12.5. The highest BCUT2D eigenvalue weighted by atomic mass is 32.2. The fourth-order valence-corrected chi connectivity index (χ4v) is 3.62. The van der Waals surface area contributed by atoms with E-state index in [-0.39, 0.29) is 0 Å². The van der Waals surface area contributed by atoms with Crippen molar-refractivity contribution in [3.63, 3.8) is 0 Å². The third kappa shape index (κ3) is 3.94. The summed E-state index contributed by atoms with van der Waals surface area (Å²) in [6, 6.07) is 7.17. The van der Waals surface area contributed by atoms with Crippen LogP contribution in [0.25, 0.3) is 0 Å². The van der Waals surface area contributed by atoms with Gasteiger partial charge in [0.05, 0.1) is 5.69 Å². The Balaban J connectivity index is 2.23. The quantitative estimate of drug-likeness (QED) is 0.804. The smallest absolute Gasteiger partial charge is 0.242 e. The standard InChI is InChI=1S/C14H24N4O2S/c1-16-21(19,20)14-6-3-2-5-13(14)18-9-4-8-17(10-7-15)11-12-18/h2-3,5-6,16H,4,7-12,15H2,1H3. The summed E-state index contributed by atoms with van der Waals surface area (Å²) in [4.78, 5) is 4.83. The Hall–Kier alpha value is -1.15. The van der Waals surface area contributed by atoms with Gasteiger partial charge in [-0.1, -0.05) is 12.1 Å². The van der Waals surface area contributed by atoms with Gasteiger partial charge < -0.3 is 15.5 Å². The molecule has 2 rings (SSSR count). The highest BCUT2D eigenvalue weighted by Crippen LogP contribution is 2.25. The van der Waals surface area contributed by atoms with Crippen LogP contribution in [-0.2, 0) is 10.0 Å². The Morgan fingerprint density at radius 2 is 1.95 bits per heavy atom. The highest BCUT2D eigenvalue weighted by Gasteiger charge is 2.22. The number of rotatable bonds is 5. The number of benzene rings is 1. The third-order valence-electron chi connectivity index (χ3n) is 3.80. The monoisotopic (exact) mass is 312 g/mol. The molecule has 21 heavy (non-hydrogen) atoms. The lowest BCUT2D eigenvalue weighted by atomic mass is 10.2. The Bertz CT molecular complexity index is 562. The van der Waals surface area contributed by atoms with Crippen molar-refractivity contribution in [1.82, 2.24) is 9.62 Å². The molecule has 0 aliphatic carbocycles. The van der Waals surface area contributed by atoms with Gasteiger partial charge in [-0.15, -0.1) is 0 Å². The van der Waals surface area contributed by atoms with Crippen molar-refractivity contribution in [1.29, 1.82) is 0 Å². The fraction of sp³-hybridized carbons (Fsp3) is 0.571. The molecule has 3 N–H and O–H groups in total. The molecule has 1 aliphatic heterocycles. The van der Waals surface area contributed by atoms with Crippen molar-refractivity contribution in [3.8, 4) is 0 Å². The molecule has 1 fully saturated rings. The summed E-state index contributed by atoms with van der Waals surface area (Å²) >= 11 is 0. The number of para-hydroxylation sites is 1. The minimum atomic E-state index is -3.44. The van der Waals surface area contributed by atoms with Crippen molar-refractivity contribution < 1.29 is 8.42 Å². The third-order valence-corrected chi connectivity index (χ3v) is 5.26. The van der Waals surface area contributed by atoms with Crippen molar-refractivity contribution >= 4 is 15.7 Å². The first-order valence-electron chi connectivity index (χ1n) is 7.28. The highest BCUT2D eigenvalue weighted by molar-refractivity contribution is 7.89. The van der Waals surface area contributed by atoms with Crippen LogP contribution < -0.4 is 15.4 Å². The minimum absolute atomic E-state index is 0.347. The minimum Gasteiger partial charge on any atom is -0.369 e. The zero-order chi connectivity index (χ0) is 15.3. The maximum absolute atomic E-state index is 12.2. The first-order valence-corrected chi connectivity index (χ1v) is 8.77. The van der Waals surface area contributed by atoms with E-state index in [1.807, 2.05) is 12.1 Å². The summed E-state index contributed by atoms with van der Waals surface area (Å²) < 4.78 is 26.7. The lowest BCUT2D eigenvalue weighted by Crippen LogP contribution is -2.34. The van der Waals surface area contributed by atoms with E-state index < -0.39 is 10.0 Å². The van der Waals surface area contributed by atoms with Crippen molar-refractivity contribution in [3.05, 3.63) is 24.3 Å². The summed E-state index contributed by atoms with van der Waals surface area (Å²) in [5.74, 6) is 0. The summed E-state index contributed by atoms with van der Waals surface area (Å²) in [6.45, 7) is 5.14. The predicted molar refractivity (Wildman–Crippen MR) is 85.0 cm³/mol. The predicted octanol–water partition coefficient (Wildman–Crippen LogP) is 0.0655. The van der Waals surface area contributed by atoms with Crippen LogP contribution in [0.2, 0.25) is 0 Å². The second-order valence-corrected chi connectivity index (χ2v) is 7.00. The molecule has 1 saturated heterocycles. The molecule has 1 aromatic rings. The number of hydrogen-bond acceptors (Lipinski definition) is 5. The van der Waals surface area contributed by atoms with Crippen LogP contribution in [0.5, 0.6) is 0 Å². The summed E-state index contributed by atoms with van der Waals surface area (Å²) in [7, 11) is -2.00. The largest absolute Gasteiger partial charge is 0.369 e. The van der Waals surface area contributed by atoms with E-state index >= 15 is 0 Å². The van der Waals surface area contributed by atoms with Gasteiger partial charge in [-0.25, -0.2) is 13.1 Å². The van der Waals surface area contributed by atoms with Gasteiger partial charge in [-0.2, -0.15) is 0 Å². The van der Waals surface area contributed by atoms with Gasteiger partial charge in [0.2, 0.25) is 10.0 Å². The molecule has 118 valence electrons. The van der Waals surface area contributed by atoms with Gasteiger partial charge in [0.1, 0.15) is 4.90 Å². The lowest BCUT2D eigenvalue weighted by molar-refractivity contribution is 0.302. The van der Waals surface area contributed by atoms with Gasteiger partial charge in [0.25, 0.3) is 0 Å². The SMILES string of the molecule is CNS(=O)(=O)c1ccccc1N1CCCN(CCN)CC1. The molecule has 1 heterocycles. The molecule has 0 bridgehead atoms. The van der Waals surface area contributed by atoms with Gasteiger partial charge >= 0.3 is 0 Å². The molecule has 0 spiro atoms. The van der Waals surface area contributed by atoms with E-state index in [0.29, 0.717) is 11.4 Å². The van der Waals surface area contributed by atoms with Crippen LogP contribution in [0.1, 0.15) is 6.42 Å². The van der Waals surface area contributed by atoms with Crippen molar-refractivity contribution in [2.24, 2.45) is 5.73 Å². The summed E-state index contributed by atoms with van der Waals surface area (Å²) in [5, 5.41) is 0. The van der Waals surface area contributed by atoms with Crippen LogP contribution in [0.3, 0.4) is 0 Å². The molecule has 6 nitrogen and oxygen atoms in total. The first kappa shape index (κ1) is 16.2. The van der Waals surface area contributed by atoms with Gasteiger partial charge in [-0.3, -0.25) is 0 Å². The summed E-state index contributed by atoms with van der Waals surface area (Å²) in [5.41, 5.74) is 6.39. The van der Waals surface area contributed by atoms with Crippen LogP contribution in [0, 0.1) is 0 Å². The Labute approximate surface area is 127 Å². The van der Waals surface area contributed by atoms with Gasteiger partial charge in [0, 0.05) is 32.7 Å². The first-order chi connectivity index (χ1) is 10.1. The molecule has 0 unspecified atom stereocenters. The molecule has 0 saturated carbocycles. The number of anilines is 1. The summed E-state index contributed by atoms with van der Waals surface area (Å²) in [6.07, 6.45) is 1.01. The maximum Gasteiger partial charge on any atom is 0.242 e. The second-order valence-electron chi connectivity index (χ2n) is 5.15. The van der Waals surface area contributed by atoms with E-state index in [1.165, 1.54) is 7.05 Å². The molecule has 0 aromatic heterocycles. The normalized spacial score (nSPS) is 17.7. The number of nitrogens with two attached hydrogens (primary N) is 1. The molecular weight excluding hydrogens is 288 g/mol. The van der Waals surface area contributed by atoms with E-state index in [2.05, 4.69) is 14.5 Å². The van der Waals surface area contributed by atoms with Crippen LogP contribution >= 0.6 is 0 Å². The van der Waals surface area contributed by atoms with E-state index in [0.717, 1.165) is 44.8 Å². The van der Waals surface area contributed by atoms with Crippen LogP contribution in [-0.4, -0.2) is 59.6 Å². The molecule has 0 amide bonds. The van der Waals surface area contributed by atoms with E-state index in [1.54, 1.807) is 12.1 Å². The van der Waals surface area contributed by atoms with E-state index in [9.17, 15) is 8.42 Å². The zero-order valence-corrected chi connectivity index (χ0v) is 13.3. The molecule has 0 radical (unpaired) electrons. The fourth-order valence-electron chi connectivity index (χ4n) is 2.67. The molecular formula is C14H24N4O2S.